The zero-order valence-electron chi connectivity index (χ0n) is 18.9. The number of piperidine rings is 1. The Hall–Kier alpha value is -2.42. The van der Waals surface area contributed by atoms with Crippen LogP contribution in [0.1, 0.15) is 34.6 Å². The lowest BCUT2D eigenvalue weighted by Crippen LogP contribution is -2.69. The van der Waals surface area contributed by atoms with Crippen LogP contribution >= 0.6 is 11.3 Å². The van der Waals surface area contributed by atoms with Crippen LogP contribution in [0.5, 0.6) is 5.75 Å². The van der Waals surface area contributed by atoms with E-state index < -0.39 is 12.1 Å². The molecule has 2 amide bonds. The van der Waals surface area contributed by atoms with Gasteiger partial charge in [-0.05, 0) is 55.8 Å². The number of benzene rings is 1. The summed E-state index contributed by atoms with van der Waals surface area (Å²) < 4.78 is 0. The Balaban J connectivity index is 1.16. The molecule has 0 saturated carbocycles. The normalized spacial score (nSPS) is 24.5. The van der Waals surface area contributed by atoms with E-state index in [-0.39, 0.29) is 17.6 Å². The molecule has 0 spiro atoms. The maximum Gasteiger partial charge on any atom is 0.246 e. The van der Waals surface area contributed by atoms with Crippen LogP contribution in [0, 0.1) is 0 Å². The number of carbonyl (C=O) groups excluding carboxylic acids is 2. The highest BCUT2D eigenvalue weighted by molar-refractivity contribution is 7.11. The lowest BCUT2D eigenvalue weighted by molar-refractivity contribution is -0.153. The van der Waals surface area contributed by atoms with Gasteiger partial charge in [0, 0.05) is 48.9 Å². The summed E-state index contributed by atoms with van der Waals surface area (Å²) in [6.07, 6.45) is 4.40. The van der Waals surface area contributed by atoms with Crippen molar-refractivity contribution in [3.8, 4) is 5.75 Å². The minimum atomic E-state index is -0.542. The van der Waals surface area contributed by atoms with E-state index in [1.54, 1.807) is 29.2 Å². The molecule has 4 heterocycles. The molecule has 2 N–H and O–H groups in total. The average Bonchev–Trinajstić information content (AvgIpc) is 3.26. The number of hydrogen-bond donors (Lipinski definition) is 2. The third-order valence-electron chi connectivity index (χ3n) is 6.97. The summed E-state index contributed by atoms with van der Waals surface area (Å²) in [5, 5.41) is 12.4. The van der Waals surface area contributed by atoms with Gasteiger partial charge in [-0.25, -0.2) is 0 Å². The molecule has 2 atom stereocenters. The number of nitrogens with zero attached hydrogens (tertiary/aromatic N) is 3. The van der Waals surface area contributed by atoms with Gasteiger partial charge in [0.05, 0.1) is 0 Å². The van der Waals surface area contributed by atoms with E-state index in [4.69, 9.17) is 0 Å². The first-order valence-corrected chi connectivity index (χ1v) is 12.8. The zero-order chi connectivity index (χ0) is 22.8. The third-order valence-corrected chi connectivity index (χ3v) is 8.02. The smallest absolute Gasteiger partial charge is 0.246 e. The van der Waals surface area contributed by atoms with Gasteiger partial charge in [-0.3, -0.25) is 19.4 Å². The number of fused-ring (bicyclic) bond motifs is 1. The number of nitrogens with one attached hydrogen (secondary N) is 1. The largest absolute Gasteiger partial charge is 0.508 e. The van der Waals surface area contributed by atoms with Crippen LogP contribution in [0.25, 0.3) is 0 Å². The van der Waals surface area contributed by atoms with Crippen molar-refractivity contribution < 1.29 is 14.7 Å². The quantitative estimate of drug-likeness (QED) is 0.680. The molecule has 176 valence electrons. The summed E-state index contributed by atoms with van der Waals surface area (Å²) in [5.41, 5.74) is 0.918. The number of thiophene rings is 1. The molecular formula is C25H32N4O3S. The summed E-state index contributed by atoms with van der Waals surface area (Å²) in [7, 11) is 0. The Morgan fingerprint density at radius 3 is 2.30 bits per heavy atom. The van der Waals surface area contributed by atoms with Gasteiger partial charge in [0.1, 0.15) is 17.8 Å². The maximum absolute atomic E-state index is 13.1. The van der Waals surface area contributed by atoms with Gasteiger partial charge in [0.25, 0.3) is 0 Å². The van der Waals surface area contributed by atoms with Crippen molar-refractivity contribution in [2.45, 2.75) is 50.9 Å². The molecule has 1 aromatic carbocycles. The number of likely N-dealkylation sites (tertiary alicyclic amines) is 1. The highest BCUT2D eigenvalue weighted by atomic mass is 32.1. The van der Waals surface area contributed by atoms with Crippen molar-refractivity contribution >= 4 is 23.2 Å². The van der Waals surface area contributed by atoms with E-state index >= 15 is 0 Å². The molecule has 0 radical (unpaired) electrons. The minimum Gasteiger partial charge on any atom is -0.508 e. The molecule has 5 rings (SSSR count). The van der Waals surface area contributed by atoms with E-state index in [9.17, 15) is 14.7 Å². The first kappa shape index (κ1) is 22.4. The fraction of sp³-hybridized carbons (Fsp3) is 0.520. The summed E-state index contributed by atoms with van der Waals surface area (Å²) in [5.74, 6) is 0.116. The molecule has 2 aromatic rings. The van der Waals surface area contributed by atoms with Crippen LogP contribution in [-0.4, -0.2) is 76.4 Å². The number of hydrogen-bond acceptors (Lipinski definition) is 6. The number of phenolic OH excluding ortho intramolecular Hbond substituents is 1. The van der Waals surface area contributed by atoms with Gasteiger partial charge in [-0.15, -0.1) is 11.3 Å². The zero-order valence-corrected chi connectivity index (χ0v) is 19.7. The van der Waals surface area contributed by atoms with Crippen LogP contribution in [0.15, 0.2) is 36.4 Å². The van der Waals surface area contributed by atoms with Crippen molar-refractivity contribution in [3.05, 3.63) is 51.7 Å². The lowest BCUT2D eigenvalue weighted by Gasteiger charge is -2.45. The lowest BCUT2D eigenvalue weighted by atomic mass is 9.98. The monoisotopic (exact) mass is 468 g/mol. The number of phenols is 1. The van der Waals surface area contributed by atoms with Crippen LogP contribution < -0.4 is 5.32 Å². The summed E-state index contributed by atoms with van der Waals surface area (Å²) in [6, 6.07) is 10.3. The Morgan fingerprint density at radius 2 is 1.58 bits per heavy atom. The Bertz CT molecular complexity index is 986. The molecule has 0 bridgehead atoms. The predicted octanol–water partition coefficient (Wildman–Crippen LogP) is 2.19. The first-order valence-electron chi connectivity index (χ1n) is 12.0. The van der Waals surface area contributed by atoms with Gasteiger partial charge >= 0.3 is 0 Å². The fourth-order valence-electron chi connectivity index (χ4n) is 5.16. The molecule has 33 heavy (non-hydrogen) atoms. The second-order valence-electron chi connectivity index (χ2n) is 9.42. The molecular weight excluding hydrogens is 436 g/mol. The van der Waals surface area contributed by atoms with E-state index in [0.717, 1.165) is 25.2 Å². The topological polar surface area (TPSA) is 76.1 Å². The summed E-state index contributed by atoms with van der Waals surface area (Å²) in [4.78, 5) is 35.3. The Labute approximate surface area is 199 Å². The van der Waals surface area contributed by atoms with Crippen LogP contribution in [0.2, 0.25) is 0 Å². The molecule has 3 saturated heterocycles. The second-order valence-corrected chi connectivity index (χ2v) is 10.7. The summed E-state index contributed by atoms with van der Waals surface area (Å²) >= 11 is 1.87. The predicted molar refractivity (Wildman–Crippen MR) is 128 cm³/mol. The Kier molecular flexibility index (Phi) is 6.66. The molecule has 0 unspecified atom stereocenters. The summed E-state index contributed by atoms with van der Waals surface area (Å²) in [6.45, 7) is 6.20. The maximum atomic E-state index is 13.1. The van der Waals surface area contributed by atoms with Crippen LogP contribution in [0.4, 0.5) is 0 Å². The van der Waals surface area contributed by atoms with E-state index in [2.05, 4.69) is 27.2 Å². The van der Waals surface area contributed by atoms with E-state index in [1.807, 2.05) is 11.3 Å². The van der Waals surface area contributed by atoms with E-state index in [0.29, 0.717) is 19.5 Å². The number of carbonyl (C=O) groups is 2. The van der Waals surface area contributed by atoms with Gasteiger partial charge < -0.3 is 15.3 Å². The third kappa shape index (κ3) is 5.23. The number of amides is 2. The van der Waals surface area contributed by atoms with Gasteiger partial charge in [0.2, 0.25) is 11.8 Å². The number of piperazine rings is 2. The average molecular weight is 469 g/mol. The molecule has 1 aromatic heterocycles. The SMILES string of the molecule is O=C1N[C@H](Cc2ccc(O)cc2)C(=O)N2CCN(Cc3ccc(CN4CCCCC4)s3)C[C@H]12. The second kappa shape index (κ2) is 9.83. The van der Waals surface area contributed by atoms with Gasteiger partial charge in [0.15, 0.2) is 0 Å². The van der Waals surface area contributed by atoms with Gasteiger partial charge in [-0.2, -0.15) is 0 Å². The van der Waals surface area contributed by atoms with Crippen LogP contribution in [0.3, 0.4) is 0 Å². The van der Waals surface area contributed by atoms with Crippen molar-refractivity contribution in [1.29, 1.82) is 0 Å². The molecule has 3 aliphatic heterocycles. The molecule has 3 aliphatic rings. The highest BCUT2D eigenvalue weighted by Crippen LogP contribution is 2.24. The Morgan fingerprint density at radius 1 is 0.879 bits per heavy atom. The molecule has 7 nitrogen and oxygen atoms in total. The molecule has 3 fully saturated rings. The number of aromatic hydroxyl groups is 1. The van der Waals surface area contributed by atoms with Crippen molar-refractivity contribution in [3.63, 3.8) is 0 Å². The first-order chi connectivity index (χ1) is 16.0. The fourth-order valence-corrected chi connectivity index (χ4v) is 6.26. The van der Waals surface area contributed by atoms with Gasteiger partial charge in [-0.1, -0.05) is 18.6 Å². The van der Waals surface area contributed by atoms with Crippen molar-refractivity contribution in [2.24, 2.45) is 0 Å². The van der Waals surface area contributed by atoms with Crippen molar-refractivity contribution in [1.82, 2.24) is 20.0 Å². The van der Waals surface area contributed by atoms with E-state index in [1.165, 1.54) is 42.1 Å². The highest BCUT2D eigenvalue weighted by Gasteiger charge is 2.43. The van der Waals surface area contributed by atoms with Crippen LogP contribution in [-0.2, 0) is 29.1 Å². The minimum absolute atomic E-state index is 0.00716. The number of rotatable bonds is 6. The standard InChI is InChI=1S/C25H32N4O3S/c30-19-6-4-18(5-7-19)14-22-25(32)29-13-12-28(17-23(29)24(31)26-22)16-21-9-8-20(33-21)15-27-10-2-1-3-11-27/h4-9,22-23,30H,1-3,10-17H2,(H,26,31)/t22-,23-/m1/s1. The molecule has 8 heteroatoms. The van der Waals surface area contributed by atoms with Crippen molar-refractivity contribution in [2.75, 3.05) is 32.7 Å². The molecule has 0 aliphatic carbocycles.